The molecule has 0 saturated heterocycles. The van der Waals surface area contributed by atoms with E-state index in [-0.39, 0.29) is 5.69 Å². The molecule has 3 rings (SSSR count). The molecule has 98 valence electrons. The maximum atomic E-state index is 11.2. The lowest BCUT2D eigenvalue weighted by Gasteiger charge is -2.09. The molecule has 0 aliphatic carbocycles. The van der Waals surface area contributed by atoms with Crippen LogP contribution in [0.3, 0.4) is 0 Å². The summed E-state index contributed by atoms with van der Waals surface area (Å²) in [7, 11) is 0. The molecule has 2 aromatic heterocycles. The Labute approximate surface area is 109 Å². The number of fused-ring (bicyclic) bond motifs is 2. The van der Waals surface area contributed by atoms with Crippen LogP contribution in [-0.2, 0) is 0 Å². The molecule has 0 spiro atoms. The third kappa shape index (κ3) is 2.31. The average molecular weight is 257 g/mol. The summed E-state index contributed by atoms with van der Waals surface area (Å²) in [6.07, 6.45) is 0. The van der Waals surface area contributed by atoms with Crippen LogP contribution >= 0.6 is 0 Å². The van der Waals surface area contributed by atoms with Gasteiger partial charge in [-0.3, -0.25) is 4.98 Å². The molecule has 1 aromatic carbocycles. The molecular weight excluding hydrogens is 242 g/mol. The number of H-pyrrole nitrogens is 2. The zero-order chi connectivity index (χ0) is 13.4. The number of nitrogens with one attached hydrogen (secondary N) is 2. The Bertz CT molecular complexity index is 786. The van der Waals surface area contributed by atoms with E-state index in [2.05, 4.69) is 28.8 Å². The first-order valence-corrected chi connectivity index (χ1v) is 6.27. The van der Waals surface area contributed by atoms with Gasteiger partial charge in [-0.1, -0.05) is 13.8 Å². The van der Waals surface area contributed by atoms with Gasteiger partial charge in [-0.25, -0.2) is 9.78 Å². The van der Waals surface area contributed by atoms with Gasteiger partial charge in [-0.2, -0.15) is 0 Å². The maximum absolute atomic E-state index is 11.2. The number of benzene rings is 1. The Balaban J connectivity index is 2.06. The predicted octanol–water partition coefficient (Wildman–Crippen LogP) is 2.44. The number of imidazole rings is 1. The Morgan fingerprint density at radius 1 is 1.26 bits per heavy atom. The highest BCUT2D eigenvalue weighted by atomic mass is 16.5. The molecule has 0 aliphatic rings. The van der Waals surface area contributed by atoms with Crippen molar-refractivity contribution in [1.82, 2.24) is 15.0 Å². The fourth-order valence-electron chi connectivity index (χ4n) is 1.96. The van der Waals surface area contributed by atoms with E-state index < -0.39 is 0 Å². The number of ether oxygens (including phenoxy) is 1. The van der Waals surface area contributed by atoms with Crippen molar-refractivity contribution < 1.29 is 4.74 Å². The fourth-order valence-corrected chi connectivity index (χ4v) is 1.96. The molecule has 0 aliphatic heterocycles. The van der Waals surface area contributed by atoms with Crippen LogP contribution in [0.4, 0.5) is 0 Å². The number of hydrogen-bond acceptors (Lipinski definition) is 3. The van der Waals surface area contributed by atoms with Crippen LogP contribution < -0.4 is 10.4 Å². The van der Waals surface area contributed by atoms with Gasteiger partial charge in [0.05, 0.1) is 17.6 Å². The molecule has 0 radical (unpaired) electrons. The molecule has 19 heavy (non-hydrogen) atoms. The zero-order valence-corrected chi connectivity index (χ0v) is 10.9. The van der Waals surface area contributed by atoms with E-state index in [4.69, 9.17) is 4.74 Å². The number of hydrogen-bond donors (Lipinski definition) is 2. The van der Waals surface area contributed by atoms with Crippen molar-refractivity contribution in [3.05, 3.63) is 34.7 Å². The lowest BCUT2D eigenvalue weighted by atomic mass is 10.2. The van der Waals surface area contributed by atoms with Crippen LogP contribution in [0.2, 0.25) is 0 Å². The molecule has 0 saturated carbocycles. The standard InChI is InChI=1S/C14H15N3O2/c1-8(2)7-19-10-3-4-11-9(5-10)6-12-13(15-11)17-14(18)16-12/h3-6,8H,7H2,1-2H3,(H2,15,16,17,18). The molecule has 0 atom stereocenters. The van der Waals surface area contributed by atoms with E-state index in [1.165, 1.54) is 0 Å². The van der Waals surface area contributed by atoms with Crippen LogP contribution in [0.5, 0.6) is 5.75 Å². The Morgan fingerprint density at radius 2 is 2.11 bits per heavy atom. The zero-order valence-electron chi connectivity index (χ0n) is 10.9. The Morgan fingerprint density at radius 3 is 2.89 bits per heavy atom. The van der Waals surface area contributed by atoms with Gasteiger partial charge in [0.1, 0.15) is 5.75 Å². The molecule has 3 aromatic rings. The maximum Gasteiger partial charge on any atom is 0.325 e. The van der Waals surface area contributed by atoms with Crippen LogP contribution in [-0.4, -0.2) is 21.6 Å². The molecule has 2 heterocycles. The third-order valence-corrected chi connectivity index (χ3v) is 2.85. The predicted molar refractivity (Wildman–Crippen MR) is 74.6 cm³/mol. The number of pyridine rings is 1. The van der Waals surface area contributed by atoms with Crippen molar-refractivity contribution in [1.29, 1.82) is 0 Å². The van der Waals surface area contributed by atoms with Gasteiger partial charge in [0, 0.05) is 5.39 Å². The largest absolute Gasteiger partial charge is 0.493 e. The van der Waals surface area contributed by atoms with Crippen molar-refractivity contribution in [3.8, 4) is 5.75 Å². The van der Waals surface area contributed by atoms with Crippen molar-refractivity contribution in [2.24, 2.45) is 5.92 Å². The number of aromatic amines is 2. The monoisotopic (exact) mass is 257 g/mol. The topological polar surface area (TPSA) is 70.8 Å². The third-order valence-electron chi connectivity index (χ3n) is 2.85. The van der Waals surface area contributed by atoms with E-state index >= 15 is 0 Å². The summed E-state index contributed by atoms with van der Waals surface area (Å²) in [5.41, 5.74) is 1.88. The van der Waals surface area contributed by atoms with E-state index in [1.807, 2.05) is 24.3 Å². The van der Waals surface area contributed by atoms with Crippen LogP contribution in [0.1, 0.15) is 13.8 Å². The molecule has 5 nitrogen and oxygen atoms in total. The van der Waals surface area contributed by atoms with Crippen LogP contribution in [0, 0.1) is 5.92 Å². The van der Waals surface area contributed by atoms with Gasteiger partial charge < -0.3 is 9.72 Å². The minimum atomic E-state index is -0.242. The van der Waals surface area contributed by atoms with Crippen molar-refractivity contribution >= 4 is 22.1 Å². The van der Waals surface area contributed by atoms with Gasteiger partial charge in [0.2, 0.25) is 0 Å². The quantitative estimate of drug-likeness (QED) is 0.757. The van der Waals surface area contributed by atoms with Gasteiger partial charge >= 0.3 is 5.69 Å². The second kappa shape index (κ2) is 4.42. The van der Waals surface area contributed by atoms with Crippen LogP contribution in [0.15, 0.2) is 29.1 Å². The van der Waals surface area contributed by atoms with Gasteiger partial charge in [0.15, 0.2) is 5.65 Å². The minimum absolute atomic E-state index is 0.242. The Hall–Kier alpha value is -2.30. The van der Waals surface area contributed by atoms with Crippen molar-refractivity contribution in [2.45, 2.75) is 13.8 Å². The molecule has 2 N–H and O–H groups in total. The number of nitrogens with zero attached hydrogens (tertiary/aromatic N) is 1. The second-order valence-electron chi connectivity index (χ2n) is 5.02. The van der Waals surface area contributed by atoms with E-state index in [0.717, 1.165) is 16.7 Å². The average Bonchev–Trinajstić information content (AvgIpc) is 2.72. The highest BCUT2D eigenvalue weighted by molar-refractivity contribution is 5.89. The van der Waals surface area contributed by atoms with Gasteiger partial charge in [-0.15, -0.1) is 0 Å². The summed E-state index contributed by atoms with van der Waals surface area (Å²) in [6, 6.07) is 7.64. The van der Waals surface area contributed by atoms with Gasteiger partial charge in [-0.05, 0) is 30.2 Å². The van der Waals surface area contributed by atoms with E-state index in [9.17, 15) is 4.79 Å². The molecule has 0 fully saturated rings. The van der Waals surface area contributed by atoms with E-state index in [0.29, 0.717) is 23.7 Å². The number of aromatic nitrogens is 3. The summed E-state index contributed by atoms with van der Waals surface area (Å²) in [4.78, 5) is 21.0. The minimum Gasteiger partial charge on any atom is -0.493 e. The summed E-state index contributed by atoms with van der Waals surface area (Å²) >= 11 is 0. The summed E-state index contributed by atoms with van der Waals surface area (Å²) in [6.45, 7) is 4.90. The van der Waals surface area contributed by atoms with Crippen molar-refractivity contribution in [3.63, 3.8) is 0 Å². The SMILES string of the molecule is CC(C)COc1ccc2nc3[nH]c(=O)[nH]c3cc2c1. The number of rotatable bonds is 3. The van der Waals surface area contributed by atoms with Crippen LogP contribution in [0.25, 0.3) is 22.1 Å². The lowest BCUT2D eigenvalue weighted by Crippen LogP contribution is -2.04. The fraction of sp³-hybridized carbons (Fsp3) is 0.286. The smallest absolute Gasteiger partial charge is 0.325 e. The molecular formula is C14H15N3O2. The highest BCUT2D eigenvalue weighted by Gasteiger charge is 2.04. The summed E-state index contributed by atoms with van der Waals surface area (Å²) in [5, 5.41) is 0.948. The second-order valence-corrected chi connectivity index (χ2v) is 5.02. The molecule has 0 bridgehead atoms. The molecule has 0 unspecified atom stereocenters. The van der Waals surface area contributed by atoms with Gasteiger partial charge in [0.25, 0.3) is 0 Å². The molecule has 0 amide bonds. The van der Waals surface area contributed by atoms with E-state index in [1.54, 1.807) is 0 Å². The normalized spacial score (nSPS) is 11.5. The molecule has 5 heteroatoms. The first kappa shape index (κ1) is 11.8. The lowest BCUT2D eigenvalue weighted by molar-refractivity contribution is 0.271. The summed E-state index contributed by atoms with van der Waals surface area (Å²) in [5.74, 6) is 1.30. The first-order valence-electron chi connectivity index (χ1n) is 6.27. The first-order chi connectivity index (χ1) is 9.11. The highest BCUT2D eigenvalue weighted by Crippen LogP contribution is 2.22. The Kier molecular flexibility index (Phi) is 2.74. The van der Waals surface area contributed by atoms with Crippen molar-refractivity contribution in [2.75, 3.05) is 6.61 Å². The summed E-state index contributed by atoms with van der Waals surface area (Å²) < 4.78 is 5.69.